The molecule has 1 rings (SSSR count). The molecule has 20 heavy (non-hydrogen) atoms. The molecular weight excluding hydrogens is 301 g/mol. The van der Waals surface area contributed by atoms with Gasteiger partial charge in [0.05, 0.1) is 16.3 Å². The summed E-state index contributed by atoms with van der Waals surface area (Å²) < 4.78 is 0. The van der Waals surface area contributed by atoms with Crippen molar-refractivity contribution in [3.63, 3.8) is 0 Å². The molecule has 108 valence electrons. The topological polar surface area (TPSA) is 70.6 Å². The zero-order valence-electron chi connectivity index (χ0n) is 11.1. The second kappa shape index (κ2) is 7.87. The molecule has 1 aromatic rings. The molecule has 0 aliphatic rings. The summed E-state index contributed by atoms with van der Waals surface area (Å²) >= 11 is 11.8. The Labute approximate surface area is 127 Å². The lowest BCUT2D eigenvalue weighted by atomic mass is 10.2. The second-order valence-electron chi connectivity index (χ2n) is 4.34. The van der Waals surface area contributed by atoms with Crippen LogP contribution >= 0.6 is 23.2 Å². The largest absolute Gasteiger partial charge is 0.353 e. The van der Waals surface area contributed by atoms with Crippen LogP contribution in [0.3, 0.4) is 0 Å². The van der Waals surface area contributed by atoms with Gasteiger partial charge in [-0.05, 0) is 19.9 Å². The molecule has 0 unspecified atom stereocenters. The van der Waals surface area contributed by atoms with Crippen molar-refractivity contribution in [1.29, 1.82) is 0 Å². The molecule has 0 aromatic heterocycles. The maximum Gasteiger partial charge on any atom is 0.249 e. The summed E-state index contributed by atoms with van der Waals surface area (Å²) in [7, 11) is 0. The Hall–Kier alpha value is -1.59. The molecular formula is C13H15Cl2N3O2. The van der Waals surface area contributed by atoms with E-state index in [9.17, 15) is 9.59 Å². The highest BCUT2D eigenvalue weighted by atomic mass is 35.5. The predicted molar refractivity (Wildman–Crippen MR) is 80.1 cm³/mol. The van der Waals surface area contributed by atoms with Gasteiger partial charge in [0.15, 0.2) is 0 Å². The quantitative estimate of drug-likeness (QED) is 0.497. The van der Waals surface area contributed by atoms with Crippen LogP contribution in [0.15, 0.2) is 23.3 Å². The van der Waals surface area contributed by atoms with Gasteiger partial charge in [-0.2, -0.15) is 5.10 Å². The van der Waals surface area contributed by atoms with Crippen LogP contribution in [-0.2, 0) is 9.59 Å². The van der Waals surface area contributed by atoms with Crippen molar-refractivity contribution in [3.8, 4) is 0 Å². The van der Waals surface area contributed by atoms with Gasteiger partial charge in [0.1, 0.15) is 6.42 Å². The summed E-state index contributed by atoms with van der Waals surface area (Å²) in [4.78, 5) is 22.8. The van der Waals surface area contributed by atoms with Gasteiger partial charge in [-0.25, -0.2) is 5.43 Å². The fraction of sp³-hybridized carbons (Fsp3) is 0.308. The van der Waals surface area contributed by atoms with Crippen molar-refractivity contribution in [1.82, 2.24) is 10.7 Å². The lowest BCUT2D eigenvalue weighted by Crippen LogP contribution is -2.34. The SMILES string of the molecule is CC(C)NC(=O)CC(=O)N/N=C\c1cccc(Cl)c1Cl. The van der Waals surface area contributed by atoms with Crippen LogP contribution in [0.2, 0.25) is 10.0 Å². The Morgan fingerprint density at radius 3 is 2.65 bits per heavy atom. The number of hydrogen-bond donors (Lipinski definition) is 2. The summed E-state index contributed by atoms with van der Waals surface area (Å²) in [5.74, 6) is -0.856. The molecule has 0 aliphatic carbocycles. The van der Waals surface area contributed by atoms with Crippen molar-refractivity contribution >= 4 is 41.2 Å². The monoisotopic (exact) mass is 315 g/mol. The van der Waals surface area contributed by atoms with E-state index < -0.39 is 5.91 Å². The number of benzene rings is 1. The molecule has 2 N–H and O–H groups in total. The third-order valence-corrected chi connectivity index (χ3v) is 2.98. The van der Waals surface area contributed by atoms with Crippen LogP contribution in [-0.4, -0.2) is 24.1 Å². The maximum absolute atomic E-state index is 11.4. The molecule has 0 aliphatic heterocycles. The van der Waals surface area contributed by atoms with E-state index in [0.717, 1.165) is 0 Å². The first-order valence-electron chi connectivity index (χ1n) is 5.95. The summed E-state index contributed by atoms with van der Waals surface area (Å²) in [6.45, 7) is 3.63. The molecule has 0 fully saturated rings. The molecule has 0 bridgehead atoms. The number of carbonyl (C=O) groups excluding carboxylic acids is 2. The fourth-order valence-corrected chi connectivity index (χ4v) is 1.71. The zero-order chi connectivity index (χ0) is 15.1. The lowest BCUT2D eigenvalue weighted by molar-refractivity contribution is -0.129. The number of halogens is 2. The molecule has 0 spiro atoms. The fourth-order valence-electron chi connectivity index (χ4n) is 1.35. The summed E-state index contributed by atoms with van der Waals surface area (Å²) in [6.07, 6.45) is 1.09. The van der Waals surface area contributed by atoms with Crippen molar-refractivity contribution in [2.24, 2.45) is 5.10 Å². The summed E-state index contributed by atoms with van der Waals surface area (Å²) in [5, 5.41) is 7.09. The Kier molecular flexibility index (Phi) is 6.48. The third-order valence-electron chi connectivity index (χ3n) is 2.15. The third kappa shape index (κ3) is 5.59. The van der Waals surface area contributed by atoms with Crippen molar-refractivity contribution in [2.75, 3.05) is 0 Å². The van der Waals surface area contributed by atoms with Gasteiger partial charge in [-0.3, -0.25) is 9.59 Å². The zero-order valence-corrected chi connectivity index (χ0v) is 12.6. The molecule has 2 amide bonds. The summed E-state index contributed by atoms with van der Waals surface area (Å²) in [6, 6.07) is 5.06. The molecule has 1 aromatic carbocycles. The molecule has 0 saturated carbocycles. The van der Waals surface area contributed by atoms with E-state index in [1.807, 2.05) is 13.8 Å². The number of rotatable bonds is 5. The summed E-state index contributed by atoms with van der Waals surface area (Å²) in [5.41, 5.74) is 2.83. The van der Waals surface area contributed by atoms with Gasteiger partial charge < -0.3 is 5.32 Å². The molecule has 0 saturated heterocycles. The number of nitrogens with one attached hydrogen (secondary N) is 2. The van der Waals surface area contributed by atoms with Crippen LogP contribution in [0.5, 0.6) is 0 Å². The number of nitrogens with zero attached hydrogens (tertiary/aromatic N) is 1. The van der Waals surface area contributed by atoms with Crippen LogP contribution in [0, 0.1) is 0 Å². The average Bonchev–Trinajstić information content (AvgIpc) is 2.33. The van der Waals surface area contributed by atoms with E-state index >= 15 is 0 Å². The van der Waals surface area contributed by atoms with Crippen molar-refractivity contribution < 1.29 is 9.59 Å². The average molecular weight is 316 g/mol. The number of hydrogen-bond acceptors (Lipinski definition) is 3. The molecule has 7 heteroatoms. The Morgan fingerprint density at radius 2 is 2.00 bits per heavy atom. The lowest BCUT2D eigenvalue weighted by Gasteiger charge is -2.06. The Morgan fingerprint density at radius 1 is 1.30 bits per heavy atom. The standard InChI is InChI=1S/C13H15Cl2N3O2/c1-8(2)17-11(19)6-12(20)18-16-7-9-4-3-5-10(14)13(9)15/h3-5,7-8H,6H2,1-2H3,(H,17,19)(H,18,20)/b16-7-. The number of carbonyl (C=O) groups is 2. The normalized spacial score (nSPS) is 10.8. The van der Waals surface area contributed by atoms with Gasteiger partial charge in [0, 0.05) is 11.6 Å². The second-order valence-corrected chi connectivity index (χ2v) is 5.12. The van der Waals surface area contributed by atoms with E-state index in [-0.39, 0.29) is 18.4 Å². The van der Waals surface area contributed by atoms with E-state index in [1.54, 1.807) is 18.2 Å². The van der Waals surface area contributed by atoms with Gasteiger partial charge >= 0.3 is 0 Å². The maximum atomic E-state index is 11.4. The van der Waals surface area contributed by atoms with Crippen LogP contribution in [0.25, 0.3) is 0 Å². The minimum absolute atomic E-state index is 0.0101. The van der Waals surface area contributed by atoms with E-state index in [0.29, 0.717) is 15.6 Å². The Balaban J connectivity index is 2.50. The smallest absolute Gasteiger partial charge is 0.249 e. The molecule has 5 nitrogen and oxygen atoms in total. The van der Waals surface area contributed by atoms with Gasteiger partial charge in [-0.15, -0.1) is 0 Å². The first kappa shape index (κ1) is 16.5. The highest BCUT2D eigenvalue weighted by Gasteiger charge is 2.09. The minimum Gasteiger partial charge on any atom is -0.353 e. The van der Waals surface area contributed by atoms with Crippen LogP contribution in [0.1, 0.15) is 25.8 Å². The van der Waals surface area contributed by atoms with Crippen LogP contribution in [0.4, 0.5) is 0 Å². The highest BCUT2D eigenvalue weighted by molar-refractivity contribution is 6.43. The highest BCUT2D eigenvalue weighted by Crippen LogP contribution is 2.23. The number of hydrazone groups is 1. The van der Waals surface area contributed by atoms with E-state index in [4.69, 9.17) is 23.2 Å². The van der Waals surface area contributed by atoms with Crippen LogP contribution < -0.4 is 10.7 Å². The first-order chi connectivity index (χ1) is 9.40. The van der Waals surface area contributed by atoms with Gasteiger partial charge in [-0.1, -0.05) is 35.3 Å². The molecule has 0 atom stereocenters. The van der Waals surface area contributed by atoms with E-state index in [2.05, 4.69) is 15.8 Å². The predicted octanol–water partition coefficient (Wildman–Crippen LogP) is 2.36. The Bertz CT molecular complexity index is 530. The van der Waals surface area contributed by atoms with E-state index in [1.165, 1.54) is 6.21 Å². The van der Waals surface area contributed by atoms with Gasteiger partial charge in [0.2, 0.25) is 11.8 Å². The minimum atomic E-state index is -0.502. The molecule has 0 heterocycles. The molecule has 0 radical (unpaired) electrons. The van der Waals surface area contributed by atoms with Crippen molar-refractivity contribution in [3.05, 3.63) is 33.8 Å². The van der Waals surface area contributed by atoms with Crippen molar-refractivity contribution in [2.45, 2.75) is 26.3 Å². The first-order valence-corrected chi connectivity index (χ1v) is 6.71. The number of amides is 2. The van der Waals surface area contributed by atoms with Gasteiger partial charge in [0.25, 0.3) is 0 Å².